The van der Waals surface area contributed by atoms with E-state index in [0.29, 0.717) is 6.42 Å². The third-order valence-corrected chi connectivity index (χ3v) is 4.23. The Balaban J connectivity index is 2.17. The largest absolute Gasteiger partial charge is 0.497 e. The number of ether oxygens (including phenoxy) is 1. The van der Waals surface area contributed by atoms with Gasteiger partial charge in [0.1, 0.15) is 5.75 Å². The first-order chi connectivity index (χ1) is 10.1. The van der Waals surface area contributed by atoms with Crippen molar-refractivity contribution < 1.29 is 9.84 Å². The molecule has 1 heterocycles. The average molecular weight is 287 g/mol. The minimum Gasteiger partial charge on any atom is -0.497 e. The van der Waals surface area contributed by atoms with Crippen molar-refractivity contribution in [3.05, 3.63) is 29.3 Å². The zero-order chi connectivity index (χ0) is 15.2. The monoisotopic (exact) mass is 287 g/mol. The lowest BCUT2D eigenvalue weighted by molar-refractivity contribution is 0.305. The van der Waals surface area contributed by atoms with Gasteiger partial charge in [0.2, 0.25) is 0 Å². The summed E-state index contributed by atoms with van der Waals surface area (Å²) in [5, 5.41) is 8.85. The minimum atomic E-state index is 0.111. The molecular weight excluding hydrogens is 262 g/mol. The fourth-order valence-electron chi connectivity index (χ4n) is 2.78. The second kappa shape index (κ2) is 7.49. The van der Waals surface area contributed by atoms with Gasteiger partial charge in [-0.25, -0.2) is 0 Å². The number of methoxy groups -OCH3 is 1. The van der Waals surface area contributed by atoms with Crippen LogP contribution in [-0.2, 0) is 6.54 Å². The molecule has 3 nitrogen and oxygen atoms in total. The normalized spacial score (nSPS) is 21.9. The van der Waals surface area contributed by atoms with Crippen LogP contribution in [0.15, 0.2) is 18.2 Å². The summed E-state index contributed by atoms with van der Waals surface area (Å²) in [6, 6.07) is 6.04. The highest BCUT2D eigenvalue weighted by Crippen LogP contribution is 2.26. The second-order valence-corrected chi connectivity index (χ2v) is 5.95. The van der Waals surface area contributed by atoms with E-state index >= 15 is 0 Å². The molecule has 1 N–H and O–H groups in total. The van der Waals surface area contributed by atoms with Crippen molar-refractivity contribution in [2.24, 2.45) is 11.8 Å². The van der Waals surface area contributed by atoms with Gasteiger partial charge in [0.25, 0.3) is 0 Å². The molecule has 2 unspecified atom stereocenters. The van der Waals surface area contributed by atoms with Gasteiger partial charge in [-0.05, 0) is 35.6 Å². The van der Waals surface area contributed by atoms with Crippen molar-refractivity contribution in [1.82, 2.24) is 4.90 Å². The molecule has 114 valence electrons. The number of hydrogen-bond donors (Lipinski definition) is 1. The summed E-state index contributed by atoms with van der Waals surface area (Å²) >= 11 is 0. The molecule has 1 fully saturated rings. The molecule has 0 aliphatic carbocycles. The van der Waals surface area contributed by atoms with Gasteiger partial charge in [0.05, 0.1) is 13.7 Å². The standard InChI is InChI=1S/C18H25NO2/c1-14-11-19(12-15(14)2)13-17-10-18(21-3)8-7-16(17)6-4-5-9-20/h7-8,10,14-15,20H,5,9,11-13H2,1-3H3. The number of aliphatic hydroxyl groups excluding tert-OH is 1. The molecule has 0 radical (unpaired) electrons. The fraction of sp³-hybridized carbons (Fsp3) is 0.556. The highest BCUT2D eigenvalue weighted by molar-refractivity contribution is 5.45. The molecule has 0 bridgehead atoms. The molecule has 1 aliphatic rings. The fourth-order valence-corrected chi connectivity index (χ4v) is 2.78. The van der Waals surface area contributed by atoms with E-state index in [1.807, 2.05) is 12.1 Å². The molecule has 1 aliphatic heterocycles. The van der Waals surface area contributed by atoms with Crippen LogP contribution in [0.25, 0.3) is 0 Å². The number of hydrogen-bond acceptors (Lipinski definition) is 3. The van der Waals surface area contributed by atoms with Crippen LogP contribution < -0.4 is 4.74 Å². The molecule has 0 aromatic heterocycles. The van der Waals surface area contributed by atoms with Crippen LogP contribution in [-0.4, -0.2) is 36.8 Å². The third kappa shape index (κ3) is 4.23. The van der Waals surface area contributed by atoms with Gasteiger partial charge < -0.3 is 9.84 Å². The van der Waals surface area contributed by atoms with E-state index in [-0.39, 0.29) is 6.61 Å². The molecule has 1 saturated heterocycles. The Bertz CT molecular complexity index is 520. The maximum atomic E-state index is 8.85. The molecule has 0 spiro atoms. The van der Waals surface area contributed by atoms with E-state index in [9.17, 15) is 0 Å². The Morgan fingerprint density at radius 3 is 2.62 bits per heavy atom. The van der Waals surface area contributed by atoms with Gasteiger partial charge >= 0.3 is 0 Å². The lowest BCUT2D eigenvalue weighted by Gasteiger charge is -2.17. The minimum absolute atomic E-state index is 0.111. The number of nitrogens with zero attached hydrogens (tertiary/aromatic N) is 1. The molecule has 21 heavy (non-hydrogen) atoms. The Labute approximate surface area is 127 Å². The zero-order valence-electron chi connectivity index (χ0n) is 13.2. The Morgan fingerprint density at radius 1 is 1.29 bits per heavy atom. The summed E-state index contributed by atoms with van der Waals surface area (Å²) in [4.78, 5) is 2.49. The second-order valence-electron chi connectivity index (χ2n) is 5.95. The van der Waals surface area contributed by atoms with Crippen molar-refractivity contribution in [2.75, 3.05) is 26.8 Å². The lowest BCUT2D eigenvalue weighted by Crippen LogP contribution is -2.20. The maximum absolute atomic E-state index is 8.85. The van der Waals surface area contributed by atoms with E-state index in [1.54, 1.807) is 7.11 Å². The molecular formula is C18H25NO2. The predicted octanol–water partition coefficient (Wildman–Crippen LogP) is 2.52. The van der Waals surface area contributed by atoms with Crippen LogP contribution in [0, 0.1) is 23.7 Å². The number of rotatable bonds is 4. The molecule has 1 aromatic rings. The average Bonchev–Trinajstić information content (AvgIpc) is 2.79. The first kappa shape index (κ1) is 15.9. The first-order valence-corrected chi connectivity index (χ1v) is 7.63. The number of likely N-dealkylation sites (tertiary alicyclic amines) is 1. The van der Waals surface area contributed by atoms with Crippen LogP contribution in [0.1, 0.15) is 31.4 Å². The van der Waals surface area contributed by atoms with Gasteiger partial charge in [-0.15, -0.1) is 0 Å². The number of aliphatic hydroxyl groups is 1. The molecule has 2 rings (SSSR count). The molecule has 2 atom stereocenters. The van der Waals surface area contributed by atoms with Crippen LogP contribution in [0.2, 0.25) is 0 Å². The van der Waals surface area contributed by atoms with Crippen LogP contribution in [0.3, 0.4) is 0 Å². The maximum Gasteiger partial charge on any atom is 0.119 e. The highest BCUT2D eigenvalue weighted by atomic mass is 16.5. The van der Waals surface area contributed by atoms with E-state index in [4.69, 9.17) is 9.84 Å². The van der Waals surface area contributed by atoms with E-state index < -0.39 is 0 Å². The smallest absolute Gasteiger partial charge is 0.119 e. The van der Waals surface area contributed by atoms with E-state index in [0.717, 1.165) is 42.8 Å². The van der Waals surface area contributed by atoms with Crippen molar-refractivity contribution in [3.8, 4) is 17.6 Å². The van der Waals surface area contributed by atoms with Crippen molar-refractivity contribution in [2.45, 2.75) is 26.8 Å². The van der Waals surface area contributed by atoms with Gasteiger partial charge in [-0.1, -0.05) is 25.7 Å². The SMILES string of the molecule is COc1ccc(C#CCCO)c(CN2CC(C)C(C)C2)c1. The van der Waals surface area contributed by atoms with Crippen LogP contribution >= 0.6 is 0 Å². The molecule has 1 aromatic carbocycles. The summed E-state index contributed by atoms with van der Waals surface area (Å²) in [7, 11) is 1.69. The lowest BCUT2D eigenvalue weighted by atomic mass is 10.0. The molecule has 3 heteroatoms. The zero-order valence-corrected chi connectivity index (χ0v) is 13.2. The topological polar surface area (TPSA) is 32.7 Å². The van der Waals surface area contributed by atoms with Crippen LogP contribution in [0.5, 0.6) is 5.75 Å². The van der Waals surface area contributed by atoms with Crippen molar-refractivity contribution >= 4 is 0 Å². The molecule has 0 saturated carbocycles. The summed E-state index contributed by atoms with van der Waals surface area (Å²) in [5.74, 6) is 8.55. The first-order valence-electron chi connectivity index (χ1n) is 7.63. The van der Waals surface area contributed by atoms with Gasteiger partial charge in [-0.3, -0.25) is 4.90 Å². The third-order valence-electron chi connectivity index (χ3n) is 4.23. The summed E-state index contributed by atoms with van der Waals surface area (Å²) in [5.41, 5.74) is 2.25. The van der Waals surface area contributed by atoms with E-state index in [1.165, 1.54) is 5.56 Å². The van der Waals surface area contributed by atoms with Crippen molar-refractivity contribution in [3.63, 3.8) is 0 Å². The highest BCUT2D eigenvalue weighted by Gasteiger charge is 2.26. The van der Waals surface area contributed by atoms with Crippen LogP contribution in [0.4, 0.5) is 0 Å². The predicted molar refractivity (Wildman–Crippen MR) is 85.2 cm³/mol. The summed E-state index contributed by atoms with van der Waals surface area (Å²) in [6.45, 7) is 7.94. The van der Waals surface area contributed by atoms with Gasteiger partial charge in [0, 0.05) is 31.6 Å². The number of benzene rings is 1. The Kier molecular flexibility index (Phi) is 5.67. The van der Waals surface area contributed by atoms with Crippen molar-refractivity contribution in [1.29, 1.82) is 0 Å². The Hall–Kier alpha value is -1.50. The summed E-state index contributed by atoms with van der Waals surface area (Å²) < 4.78 is 5.34. The van der Waals surface area contributed by atoms with Gasteiger partial charge in [0.15, 0.2) is 0 Å². The Morgan fingerprint density at radius 2 is 2.00 bits per heavy atom. The quantitative estimate of drug-likeness (QED) is 0.864. The summed E-state index contributed by atoms with van der Waals surface area (Å²) in [6.07, 6.45) is 0.517. The van der Waals surface area contributed by atoms with Gasteiger partial charge in [-0.2, -0.15) is 0 Å². The van der Waals surface area contributed by atoms with E-state index in [2.05, 4.69) is 36.7 Å². The molecule has 0 amide bonds.